The zero-order valence-corrected chi connectivity index (χ0v) is 21.4. The van der Waals surface area contributed by atoms with E-state index in [0.717, 1.165) is 35.6 Å². The lowest BCUT2D eigenvalue weighted by Crippen LogP contribution is -2.27. The van der Waals surface area contributed by atoms with Gasteiger partial charge in [0.05, 0.1) is 11.4 Å². The summed E-state index contributed by atoms with van der Waals surface area (Å²) in [5.41, 5.74) is 4.50. The maximum absolute atomic E-state index is 11.4. The fraction of sp³-hybridized carbons (Fsp3) is 0.655. The summed E-state index contributed by atoms with van der Waals surface area (Å²) < 4.78 is 0. The first-order valence-electron chi connectivity index (χ1n) is 12.7. The number of nitrogens with zero attached hydrogens (tertiary/aromatic N) is 2. The summed E-state index contributed by atoms with van der Waals surface area (Å²) in [5.74, 6) is 0.224. The maximum Gasteiger partial charge on any atom is 0.107 e. The van der Waals surface area contributed by atoms with E-state index in [-0.39, 0.29) is 22.2 Å². The smallest absolute Gasteiger partial charge is 0.107 e. The third-order valence-corrected chi connectivity index (χ3v) is 8.72. The molecule has 0 amide bonds. The number of hydrogen-bond acceptors (Lipinski definition) is 4. The van der Waals surface area contributed by atoms with Crippen molar-refractivity contribution < 1.29 is 10.2 Å². The fourth-order valence-corrected chi connectivity index (χ4v) is 6.48. The van der Waals surface area contributed by atoms with Crippen LogP contribution in [0.4, 0.5) is 0 Å². The highest BCUT2D eigenvalue weighted by Gasteiger charge is 2.58. The van der Waals surface area contributed by atoms with E-state index in [1.54, 1.807) is 0 Å². The number of aromatic nitrogens is 2. The zero-order valence-electron chi connectivity index (χ0n) is 21.4. The number of aliphatic hydroxyl groups is 2. The summed E-state index contributed by atoms with van der Waals surface area (Å²) in [7, 11) is 0. The van der Waals surface area contributed by atoms with E-state index in [9.17, 15) is 10.2 Å². The van der Waals surface area contributed by atoms with Gasteiger partial charge < -0.3 is 10.2 Å². The first-order valence-corrected chi connectivity index (χ1v) is 12.7. The van der Waals surface area contributed by atoms with Crippen molar-refractivity contribution in [2.75, 3.05) is 0 Å². The minimum Gasteiger partial charge on any atom is -0.384 e. The van der Waals surface area contributed by atoms with E-state index in [2.05, 4.69) is 65.8 Å². The van der Waals surface area contributed by atoms with Crippen molar-refractivity contribution in [2.45, 2.75) is 120 Å². The van der Waals surface area contributed by atoms with Crippen LogP contribution in [0, 0.1) is 0 Å². The van der Waals surface area contributed by atoms with Crippen molar-refractivity contribution >= 4 is 0 Å². The van der Waals surface area contributed by atoms with Crippen LogP contribution in [0.1, 0.15) is 127 Å². The van der Waals surface area contributed by atoms with Gasteiger partial charge in [0.1, 0.15) is 11.2 Å². The third-order valence-electron chi connectivity index (χ3n) is 8.72. The van der Waals surface area contributed by atoms with E-state index in [1.165, 1.54) is 24.0 Å². The van der Waals surface area contributed by atoms with Gasteiger partial charge in [0.2, 0.25) is 0 Å². The van der Waals surface area contributed by atoms with Gasteiger partial charge in [-0.2, -0.15) is 0 Å². The van der Waals surface area contributed by atoms with E-state index in [1.807, 2.05) is 6.92 Å². The van der Waals surface area contributed by atoms with Crippen LogP contribution >= 0.6 is 0 Å². The van der Waals surface area contributed by atoms with Crippen LogP contribution in [-0.2, 0) is 27.4 Å². The molecule has 5 rings (SSSR count). The predicted octanol–water partition coefficient (Wildman–Crippen LogP) is 5.87. The van der Waals surface area contributed by atoms with Gasteiger partial charge in [0.15, 0.2) is 0 Å². The Kier molecular flexibility index (Phi) is 4.80. The van der Waals surface area contributed by atoms with Crippen LogP contribution in [-0.4, -0.2) is 20.2 Å². The molecule has 3 unspecified atom stereocenters. The van der Waals surface area contributed by atoms with Crippen molar-refractivity contribution in [3.8, 4) is 0 Å². The lowest BCUT2D eigenvalue weighted by atomic mass is 9.77. The molecule has 178 valence electrons. The quantitative estimate of drug-likeness (QED) is 0.614. The molecule has 3 aliphatic rings. The van der Waals surface area contributed by atoms with Crippen molar-refractivity contribution in [1.29, 1.82) is 0 Å². The van der Waals surface area contributed by atoms with Crippen molar-refractivity contribution in [3.05, 3.63) is 58.2 Å². The minimum absolute atomic E-state index is 0.0498. The minimum atomic E-state index is -0.913. The van der Waals surface area contributed by atoms with E-state index in [0.29, 0.717) is 12.8 Å². The van der Waals surface area contributed by atoms with E-state index < -0.39 is 11.2 Å². The molecule has 1 spiro atoms. The fourth-order valence-electron chi connectivity index (χ4n) is 6.48. The highest BCUT2D eigenvalue weighted by molar-refractivity contribution is 5.46. The molecule has 2 aromatic heterocycles. The van der Waals surface area contributed by atoms with Gasteiger partial charge in [-0.25, -0.2) is 0 Å². The Morgan fingerprint density at radius 2 is 1.58 bits per heavy atom. The summed E-state index contributed by atoms with van der Waals surface area (Å²) in [6.07, 6.45) is 5.44. The molecule has 3 aliphatic carbocycles. The molecular weight excluding hydrogens is 408 g/mol. The van der Waals surface area contributed by atoms with Crippen LogP contribution in [0.5, 0.6) is 0 Å². The Hall–Kier alpha value is -1.78. The number of rotatable bonds is 4. The van der Waals surface area contributed by atoms with Crippen LogP contribution in [0.2, 0.25) is 0 Å². The second-order valence-corrected chi connectivity index (χ2v) is 13.1. The van der Waals surface area contributed by atoms with Crippen molar-refractivity contribution in [1.82, 2.24) is 9.97 Å². The molecule has 1 saturated carbocycles. The first-order chi connectivity index (χ1) is 15.2. The SMILES string of the molecule is CCC1(O)CC2(CC2)c2ccc(C(C)(C)CC3CC(C)(O)c4nc(C(C)(C)C)ccc43)nc21. The third kappa shape index (κ3) is 3.56. The van der Waals surface area contributed by atoms with Crippen LogP contribution in [0.3, 0.4) is 0 Å². The average molecular weight is 449 g/mol. The molecule has 3 atom stereocenters. The Labute approximate surface area is 198 Å². The molecule has 0 saturated heterocycles. The van der Waals surface area contributed by atoms with Crippen LogP contribution < -0.4 is 0 Å². The largest absolute Gasteiger partial charge is 0.384 e. The van der Waals surface area contributed by atoms with Gasteiger partial charge >= 0.3 is 0 Å². The lowest BCUT2D eigenvalue weighted by molar-refractivity contribution is 0.0234. The summed E-state index contributed by atoms with van der Waals surface area (Å²) in [5, 5.41) is 22.6. The Balaban J connectivity index is 1.47. The van der Waals surface area contributed by atoms with Gasteiger partial charge in [-0.15, -0.1) is 0 Å². The van der Waals surface area contributed by atoms with Gasteiger partial charge in [-0.05, 0) is 74.6 Å². The maximum atomic E-state index is 11.4. The average Bonchev–Trinajstić information content (AvgIpc) is 3.39. The Bertz CT molecular complexity index is 1110. The summed E-state index contributed by atoms with van der Waals surface area (Å²) in [6, 6.07) is 8.75. The van der Waals surface area contributed by atoms with Crippen molar-refractivity contribution in [3.63, 3.8) is 0 Å². The molecule has 0 radical (unpaired) electrons. The highest BCUT2D eigenvalue weighted by Crippen LogP contribution is 2.62. The number of hydrogen-bond donors (Lipinski definition) is 2. The second kappa shape index (κ2) is 6.88. The predicted molar refractivity (Wildman–Crippen MR) is 131 cm³/mol. The molecule has 4 nitrogen and oxygen atoms in total. The van der Waals surface area contributed by atoms with Crippen molar-refractivity contribution in [2.24, 2.45) is 0 Å². The molecule has 0 aliphatic heterocycles. The van der Waals surface area contributed by atoms with E-state index >= 15 is 0 Å². The Morgan fingerprint density at radius 3 is 2.18 bits per heavy atom. The number of pyridine rings is 2. The summed E-state index contributed by atoms with van der Waals surface area (Å²) in [4.78, 5) is 10.1. The van der Waals surface area contributed by atoms with Gasteiger partial charge in [-0.1, -0.05) is 53.7 Å². The monoisotopic (exact) mass is 448 g/mol. The van der Waals surface area contributed by atoms with Crippen LogP contribution in [0.15, 0.2) is 24.3 Å². The topological polar surface area (TPSA) is 66.2 Å². The zero-order chi connectivity index (χ0) is 24.0. The summed E-state index contributed by atoms with van der Waals surface area (Å²) in [6.45, 7) is 15.0. The first kappa shape index (κ1) is 23.0. The van der Waals surface area contributed by atoms with Gasteiger partial charge in [0, 0.05) is 27.6 Å². The summed E-state index contributed by atoms with van der Waals surface area (Å²) >= 11 is 0. The van der Waals surface area contributed by atoms with Crippen LogP contribution in [0.25, 0.3) is 0 Å². The standard InChI is InChI=1S/C29H40N2O2/c1-8-29(33)17-28(13-14-28)20-10-12-22(31-24(20)29)26(5,6)15-18-16-27(7,32)23-19(18)9-11-21(30-23)25(2,3)4/h9-12,18,32-33H,8,13-17H2,1-7H3. The molecule has 1 fully saturated rings. The highest BCUT2D eigenvalue weighted by atomic mass is 16.3. The lowest BCUT2D eigenvalue weighted by Gasteiger charge is -2.30. The van der Waals surface area contributed by atoms with Gasteiger partial charge in [-0.3, -0.25) is 9.97 Å². The Morgan fingerprint density at radius 1 is 0.939 bits per heavy atom. The molecule has 0 aromatic carbocycles. The molecule has 33 heavy (non-hydrogen) atoms. The van der Waals surface area contributed by atoms with E-state index in [4.69, 9.17) is 9.97 Å². The molecule has 4 heteroatoms. The second-order valence-electron chi connectivity index (χ2n) is 13.1. The molecule has 2 aromatic rings. The van der Waals surface area contributed by atoms with Gasteiger partial charge in [0.25, 0.3) is 0 Å². The number of fused-ring (bicyclic) bond motifs is 3. The normalized spacial score (nSPS) is 29.9. The molecule has 0 bridgehead atoms. The molecule has 2 N–H and O–H groups in total. The molecule has 2 heterocycles. The molecular formula is C29H40N2O2.